The van der Waals surface area contributed by atoms with Crippen molar-refractivity contribution < 1.29 is 14.6 Å². The molecule has 14 heavy (non-hydrogen) atoms. The zero-order chi connectivity index (χ0) is 10.4. The van der Waals surface area contributed by atoms with E-state index in [-0.39, 0.29) is 5.56 Å². The van der Waals surface area contributed by atoms with Crippen molar-refractivity contribution in [1.82, 2.24) is 0 Å². The number of carboxylic acid groups (broad SMARTS) is 1. The van der Waals surface area contributed by atoms with Crippen LogP contribution in [0.4, 0.5) is 0 Å². The van der Waals surface area contributed by atoms with Gasteiger partial charge in [0.05, 0.1) is 12.2 Å². The molecule has 0 atom stereocenters. The molecule has 0 aliphatic rings. The Hall–Kier alpha value is -1.22. The lowest BCUT2D eigenvalue weighted by molar-refractivity contribution is 0.0697. The van der Waals surface area contributed by atoms with Gasteiger partial charge in [0, 0.05) is 5.88 Å². The lowest BCUT2D eigenvalue weighted by Crippen LogP contribution is -1.99. The summed E-state index contributed by atoms with van der Waals surface area (Å²) < 4.78 is 5.30. The Morgan fingerprint density at radius 3 is 2.50 bits per heavy atom. The van der Waals surface area contributed by atoms with Gasteiger partial charge in [-0.2, -0.15) is 0 Å². The number of ether oxygens (including phenoxy) is 1. The maximum absolute atomic E-state index is 10.5. The lowest BCUT2D eigenvalue weighted by Gasteiger charge is -2.04. The van der Waals surface area contributed by atoms with Gasteiger partial charge in [-0.1, -0.05) is 0 Å². The van der Waals surface area contributed by atoms with Crippen molar-refractivity contribution in [1.29, 1.82) is 0 Å². The van der Waals surface area contributed by atoms with Crippen LogP contribution in [0, 0.1) is 0 Å². The van der Waals surface area contributed by atoms with E-state index in [0.29, 0.717) is 18.2 Å². The monoisotopic (exact) mass is 214 g/mol. The third-order valence-corrected chi connectivity index (χ3v) is 1.92. The van der Waals surface area contributed by atoms with E-state index in [0.717, 1.165) is 6.42 Å². The SMILES string of the molecule is O=C(O)c1ccc(OCCCCl)cc1. The van der Waals surface area contributed by atoms with Gasteiger partial charge in [0.1, 0.15) is 5.75 Å². The fourth-order valence-electron chi connectivity index (χ4n) is 0.938. The standard InChI is InChI=1S/C10H11ClO3/c11-6-1-7-14-9-4-2-8(3-5-9)10(12)13/h2-5H,1,6-7H2,(H,12,13). The smallest absolute Gasteiger partial charge is 0.335 e. The van der Waals surface area contributed by atoms with Gasteiger partial charge in [0.25, 0.3) is 0 Å². The molecule has 3 nitrogen and oxygen atoms in total. The van der Waals surface area contributed by atoms with Crippen molar-refractivity contribution in [2.45, 2.75) is 6.42 Å². The maximum atomic E-state index is 10.5. The first-order chi connectivity index (χ1) is 6.74. The molecule has 0 radical (unpaired) electrons. The van der Waals surface area contributed by atoms with Gasteiger partial charge in [-0.15, -0.1) is 11.6 Å². The number of alkyl halides is 1. The van der Waals surface area contributed by atoms with E-state index in [9.17, 15) is 4.79 Å². The average molecular weight is 215 g/mol. The minimum Gasteiger partial charge on any atom is -0.494 e. The van der Waals surface area contributed by atoms with E-state index in [4.69, 9.17) is 21.4 Å². The molecule has 0 fully saturated rings. The number of carboxylic acids is 1. The molecule has 0 aromatic heterocycles. The normalized spacial score (nSPS) is 9.79. The van der Waals surface area contributed by atoms with Crippen molar-refractivity contribution in [3.63, 3.8) is 0 Å². The second-order valence-corrected chi connectivity index (χ2v) is 3.10. The molecular formula is C10H11ClO3. The summed E-state index contributed by atoms with van der Waals surface area (Å²) in [6.45, 7) is 0.552. The molecule has 1 aromatic carbocycles. The molecule has 1 aromatic rings. The molecule has 0 unspecified atom stereocenters. The van der Waals surface area contributed by atoms with Crippen LogP contribution in [0.1, 0.15) is 16.8 Å². The first-order valence-corrected chi connectivity index (χ1v) is 4.79. The first-order valence-electron chi connectivity index (χ1n) is 4.26. The average Bonchev–Trinajstić information content (AvgIpc) is 2.19. The third kappa shape index (κ3) is 3.26. The quantitative estimate of drug-likeness (QED) is 0.605. The molecule has 0 aliphatic heterocycles. The summed E-state index contributed by atoms with van der Waals surface area (Å²) in [5, 5.41) is 8.63. The lowest BCUT2D eigenvalue weighted by atomic mass is 10.2. The number of aromatic carboxylic acids is 1. The van der Waals surface area contributed by atoms with Crippen molar-refractivity contribution in [3.8, 4) is 5.75 Å². The molecular weight excluding hydrogens is 204 g/mol. The highest BCUT2D eigenvalue weighted by Gasteiger charge is 2.01. The van der Waals surface area contributed by atoms with Gasteiger partial charge in [-0.3, -0.25) is 0 Å². The van der Waals surface area contributed by atoms with Gasteiger partial charge in [-0.05, 0) is 30.7 Å². The van der Waals surface area contributed by atoms with Crippen LogP contribution in [0.15, 0.2) is 24.3 Å². The zero-order valence-electron chi connectivity index (χ0n) is 7.57. The number of rotatable bonds is 5. The second-order valence-electron chi connectivity index (χ2n) is 2.72. The Labute approximate surface area is 87.3 Å². The highest BCUT2D eigenvalue weighted by atomic mass is 35.5. The minimum absolute atomic E-state index is 0.259. The van der Waals surface area contributed by atoms with E-state index in [1.165, 1.54) is 12.1 Å². The molecule has 0 saturated carbocycles. The largest absolute Gasteiger partial charge is 0.494 e. The summed E-state index contributed by atoms with van der Waals surface area (Å²) in [6.07, 6.45) is 0.780. The van der Waals surface area contributed by atoms with Crippen LogP contribution < -0.4 is 4.74 Å². The Bertz CT molecular complexity index is 295. The fourth-order valence-corrected chi connectivity index (χ4v) is 1.05. The highest BCUT2D eigenvalue weighted by molar-refractivity contribution is 6.17. The van der Waals surface area contributed by atoms with Crippen molar-refractivity contribution in [3.05, 3.63) is 29.8 Å². The van der Waals surface area contributed by atoms with Crippen molar-refractivity contribution in [2.24, 2.45) is 0 Å². The highest BCUT2D eigenvalue weighted by Crippen LogP contribution is 2.12. The van der Waals surface area contributed by atoms with Crippen molar-refractivity contribution in [2.75, 3.05) is 12.5 Å². The van der Waals surface area contributed by atoms with E-state index in [1.54, 1.807) is 12.1 Å². The molecule has 0 aliphatic carbocycles. The fraction of sp³-hybridized carbons (Fsp3) is 0.300. The zero-order valence-corrected chi connectivity index (χ0v) is 8.33. The van der Waals surface area contributed by atoms with Crippen LogP contribution in [-0.2, 0) is 0 Å². The molecule has 4 heteroatoms. The minimum atomic E-state index is -0.933. The molecule has 0 amide bonds. The number of hydrogen-bond donors (Lipinski definition) is 1. The Kier molecular flexibility index (Phi) is 4.26. The Morgan fingerprint density at radius 2 is 2.00 bits per heavy atom. The summed E-state index contributed by atoms with van der Waals surface area (Å²) in [7, 11) is 0. The Morgan fingerprint density at radius 1 is 1.36 bits per heavy atom. The van der Waals surface area contributed by atoms with Crippen LogP contribution in [0.2, 0.25) is 0 Å². The summed E-state index contributed by atoms with van der Waals surface area (Å²) >= 11 is 5.48. The van der Waals surface area contributed by atoms with E-state index >= 15 is 0 Å². The van der Waals surface area contributed by atoms with Crippen LogP contribution >= 0.6 is 11.6 Å². The third-order valence-electron chi connectivity index (χ3n) is 1.65. The second kappa shape index (κ2) is 5.50. The summed E-state index contributed by atoms with van der Waals surface area (Å²) in [6, 6.07) is 6.30. The van der Waals surface area contributed by atoms with Crippen LogP contribution in [0.3, 0.4) is 0 Å². The molecule has 0 heterocycles. The number of benzene rings is 1. The van der Waals surface area contributed by atoms with Crippen LogP contribution in [0.25, 0.3) is 0 Å². The van der Waals surface area contributed by atoms with Gasteiger partial charge in [0.2, 0.25) is 0 Å². The summed E-state index contributed by atoms with van der Waals surface area (Å²) in [5.74, 6) is 0.296. The molecule has 0 saturated heterocycles. The van der Waals surface area contributed by atoms with E-state index < -0.39 is 5.97 Å². The van der Waals surface area contributed by atoms with Gasteiger partial charge in [-0.25, -0.2) is 4.79 Å². The predicted molar refractivity (Wildman–Crippen MR) is 54.2 cm³/mol. The van der Waals surface area contributed by atoms with Crippen molar-refractivity contribution >= 4 is 17.6 Å². The maximum Gasteiger partial charge on any atom is 0.335 e. The molecule has 1 rings (SSSR count). The van der Waals surface area contributed by atoms with Crippen LogP contribution in [-0.4, -0.2) is 23.6 Å². The summed E-state index contributed by atoms with van der Waals surface area (Å²) in [5.41, 5.74) is 0.259. The topological polar surface area (TPSA) is 46.5 Å². The molecule has 1 N–H and O–H groups in total. The molecule has 76 valence electrons. The van der Waals surface area contributed by atoms with Gasteiger partial charge in [0.15, 0.2) is 0 Å². The van der Waals surface area contributed by atoms with Gasteiger partial charge < -0.3 is 9.84 Å². The van der Waals surface area contributed by atoms with E-state index in [1.807, 2.05) is 0 Å². The predicted octanol–water partition coefficient (Wildman–Crippen LogP) is 2.39. The summed E-state index contributed by atoms with van der Waals surface area (Å²) in [4.78, 5) is 10.5. The number of hydrogen-bond acceptors (Lipinski definition) is 2. The Balaban J connectivity index is 2.51. The molecule has 0 spiro atoms. The number of halogens is 1. The number of carbonyl (C=O) groups is 1. The molecule has 0 bridgehead atoms. The van der Waals surface area contributed by atoms with E-state index in [2.05, 4.69) is 0 Å². The van der Waals surface area contributed by atoms with Crippen LogP contribution in [0.5, 0.6) is 5.75 Å². The first kappa shape index (κ1) is 10.9. The van der Waals surface area contributed by atoms with Gasteiger partial charge >= 0.3 is 5.97 Å².